The number of anilines is 2. The second kappa shape index (κ2) is 6.45. The zero-order chi connectivity index (χ0) is 17.4. The average molecular weight is 359 g/mol. The molecule has 0 saturated carbocycles. The van der Waals surface area contributed by atoms with Crippen molar-refractivity contribution in [1.82, 2.24) is 4.98 Å². The van der Waals surface area contributed by atoms with Crippen molar-refractivity contribution in [2.75, 3.05) is 23.8 Å². The maximum atomic E-state index is 12.2. The van der Waals surface area contributed by atoms with Crippen molar-refractivity contribution in [1.29, 1.82) is 0 Å². The Balaban J connectivity index is 1.57. The van der Waals surface area contributed by atoms with Gasteiger partial charge in [-0.3, -0.25) is 14.9 Å². The number of fused-ring (bicyclic) bond motifs is 1. The van der Waals surface area contributed by atoms with E-state index in [1.165, 1.54) is 11.3 Å². The van der Waals surface area contributed by atoms with Crippen molar-refractivity contribution in [2.45, 2.75) is 25.9 Å². The molecule has 2 amide bonds. The number of carbonyl (C=O) groups excluding carboxylic acids is 2. The molecule has 2 N–H and O–H groups in total. The number of aryl methyl sites for hydroxylation is 1. The van der Waals surface area contributed by atoms with Crippen LogP contribution in [0.5, 0.6) is 5.75 Å². The normalized spacial score (nSPS) is 19.1. The van der Waals surface area contributed by atoms with E-state index in [0.717, 1.165) is 29.0 Å². The minimum absolute atomic E-state index is 0.0293. The third kappa shape index (κ3) is 3.22. The Labute approximate surface area is 148 Å². The van der Waals surface area contributed by atoms with Gasteiger partial charge in [0.25, 0.3) is 11.8 Å². The minimum atomic E-state index is -0.385. The topological polar surface area (TPSA) is 89.5 Å². The summed E-state index contributed by atoms with van der Waals surface area (Å²) in [6, 6.07) is 5.54. The van der Waals surface area contributed by atoms with Gasteiger partial charge in [0.15, 0.2) is 11.7 Å². The molecule has 2 aliphatic heterocycles. The molecule has 0 spiro atoms. The maximum Gasteiger partial charge on any atom is 0.262 e. The molecule has 4 rings (SSSR count). The predicted octanol–water partition coefficient (Wildman–Crippen LogP) is 2.57. The van der Waals surface area contributed by atoms with Gasteiger partial charge in [-0.2, -0.15) is 0 Å². The molecule has 1 aromatic heterocycles. The van der Waals surface area contributed by atoms with Crippen LogP contribution in [0.2, 0.25) is 0 Å². The molecule has 25 heavy (non-hydrogen) atoms. The van der Waals surface area contributed by atoms with Crippen molar-refractivity contribution < 1.29 is 19.1 Å². The number of hydrogen-bond acceptors (Lipinski definition) is 6. The van der Waals surface area contributed by atoms with Gasteiger partial charge >= 0.3 is 0 Å². The summed E-state index contributed by atoms with van der Waals surface area (Å²) in [4.78, 5) is 29.2. The Bertz CT molecular complexity index is 842. The summed E-state index contributed by atoms with van der Waals surface area (Å²) < 4.78 is 10.8. The summed E-state index contributed by atoms with van der Waals surface area (Å²) in [5.41, 5.74) is 2.26. The van der Waals surface area contributed by atoms with E-state index in [4.69, 9.17) is 9.47 Å². The lowest BCUT2D eigenvalue weighted by Gasteiger charge is -2.18. The highest BCUT2D eigenvalue weighted by Crippen LogP contribution is 2.36. The molecule has 0 aliphatic carbocycles. The molecule has 2 aromatic rings. The smallest absolute Gasteiger partial charge is 0.262 e. The van der Waals surface area contributed by atoms with Gasteiger partial charge in [-0.1, -0.05) is 0 Å². The fourth-order valence-electron chi connectivity index (χ4n) is 2.92. The van der Waals surface area contributed by atoms with Crippen LogP contribution >= 0.6 is 11.3 Å². The summed E-state index contributed by atoms with van der Waals surface area (Å²) >= 11 is 1.42. The Hall–Kier alpha value is -2.45. The summed E-state index contributed by atoms with van der Waals surface area (Å²) in [6.45, 7) is 2.61. The van der Waals surface area contributed by atoms with Crippen LogP contribution in [-0.2, 0) is 14.3 Å². The lowest BCUT2D eigenvalue weighted by atomic mass is 10.1. The van der Waals surface area contributed by atoms with Crippen LogP contribution in [0.1, 0.15) is 17.7 Å². The summed E-state index contributed by atoms with van der Waals surface area (Å²) in [7, 11) is 0. The molecule has 1 fully saturated rings. The quantitative estimate of drug-likeness (QED) is 0.879. The first kappa shape index (κ1) is 16.0. The van der Waals surface area contributed by atoms with Crippen molar-refractivity contribution in [3.8, 4) is 17.0 Å². The Kier molecular flexibility index (Phi) is 4.14. The zero-order valence-electron chi connectivity index (χ0n) is 13.6. The van der Waals surface area contributed by atoms with Crippen LogP contribution in [0.4, 0.5) is 10.8 Å². The maximum absolute atomic E-state index is 12.2. The molecule has 1 aromatic carbocycles. The Morgan fingerprint density at radius 3 is 3.12 bits per heavy atom. The number of amides is 2. The summed E-state index contributed by atoms with van der Waals surface area (Å²) in [6.07, 6.45) is 1.26. The van der Waals surface area contributed by atoms with E-state index in [1.54, 1.807) is 0 Å². The van der Waals surface area contributed by atoms with Crippen LogP contribution in [0.3, 0.4) is 0 Å². The molecule has 3 heterocycles. The molecule has 0 unspecified atom stereocenters. The van der Waals surface area contributed by atoms with Crippen molar-refractivity contribution in [3.63, 3.8) is 0 Å². The number of rotatable bonds is 3. The third-order valence-electron chi connectivity index (χ3n) is 4.13. The van der Waals surface area contributed by atoms with E-state index in [9.17, 15) is 9.59 Å². The number of carbonyl (C=O) groups is 2. The number of benzene rings is 1. The second-order valence-corrected chi connectivity index (χ2v) is 7.17. The molecular formula is C17H17N3O4S. The monoisotopic (exact) mass is 359 g/mol. The second-order valence-electron chi connectivity index (χ2n) is 5.96. The van der Waals surface area contributed by atoms with Gasteiger partial charge in [0, 0.05) is 17.0 Å². The number of thiazole rings is 1. The Morgan fingerprint density at radius 1 is 1.44 bits per heavy atom. The first-order valence-corrected chi connectivity index (χ1v) is 8.89. The fourth-order valence-corrected chi connectivity index (χ4v) is 3.76. The molecule has 1 saturated heterocycles. The van der Waals surface area contributed by atoms with E-state index >= 15 is 0 Å². The lowest BCUT2D eigenvalue weighted by Crippen LogP contribution is -2.26. The number of nitrogens with zero attached hydrogens (tertiary/aromatic N) is 1. The van der Waals surface area contributed by atoms with E-state index in [0.29, 0.717) is 23.2 Å². The molecular weight excluding hydrogens is 342 g/mol. The zero-order valence-corrected chi connectivity index (χ0v) is 14.4. The van der Waals surface area contributed by atoms with Crippen molar-refractivity contribution in [2.24, 2.45) is 0 Å². The predicted molar refractivity (Wildman–Crippen MR) is 94.0 cm³/mol. The number of hydrogen-bond donors (Lipinski definition) is 2. The first-order chi connectivity index (χ1) is 12.1. The molecule has 0 radical (unpaired) electrons. The molecule has 1 atom stereocenters. The van der Waals surface area contributed by atoms with E-state index < -0.39 is 0 Å². The molecule has 8 heteroatoms. The average Bonchev–Trinajstić information content (AvgIpc) is 3.24. The molecule has 130 valence electrons. The fraction of sp³-hybridized carbons (Fsp3) is 0.353. The minimum Gasteiger partial charge on any atom is -0.482 e. The van der Waals surface area contributed by atoms with Crippen LogP contribution in [0, 0.1) is 6.92 Å². The van der Waals surface area contributed by atoms with Crippen molar-refractivity contribution >= 4 is 34.0 Å². The lowest BCUT2D eigenvalue weighted by molar-refractivity contribution is -0.124. The van der Waals surface area contributed by atoms with Crippen molar-refractivity contribution in [3.05, 3.63) is 23.1 Å². The van der Waals surface area contributed by atoms with Crippen LogP contribution in [0.15, 0.2) is 18.2 Å². The van der Waals surface area contributed by atoms with Crippen LogP contribution < -0.4 is 15.4 Å². The van der Waals surface area contributed by atoms with E-state index in [1.807, 2.05) is 25.1 Å². The Morgan fingerprint density at radius 2 is 2.32 bits per heavy atom. The van der Waals surface area contributed by atoms with Gasteiger partial charge in [-0.05, 0) is 38.0 Å². The van der Waals surface area contributed by atoms with Gasteiger partial charge in [0.05, 0.1) is 11.4 Å². The largest absolute Gasteiger partial charge is 0.482 e. The van der Waals surface area contributed by atoms with Crippen LogP contribution in [0.25, 0.3) is 11.3 Å². The third-order valence-corrected chi connectivity index (χ3v) is 5.02. The van der Waals surface area contributed by atoms with Gasteiger partial charge in [-0.25, -0.2) is 4.98 Å². The number of aromatic nitrogens is 1. The van der Waals surface area contributed by atoms with Crippen LogP contribution in [-0.4, -0.2) is 36.1 Å². The SMILES string of the molecule is Cc1sc(NC(=O)[C@@H]2CCCO2)nc1-c1ccc2c(c1)NC(=O)CO2. The van der Waals surface area contributed by atoms with E-state index in [-0.39, 0.29) is 24.5 Å². The molecule has 2 aliphatic rings. The number of ether oxygens (including phenoxy) is 2. The van der Waals surface area contributed by atoms with Gasteiger partial charge < -0.3 is 14.8 Å². The van der Waals surface area contributed by atoms with Gasteiger partial charge in [0.1, 0.15) is 11.9 Å². The highest BCUT2D eigenvalue weighted by molar-refractivity contribution is 7.16. The van der Waals surface area contributed by atoms with E-state index in [2.05, 4.69) is 15.6 Å². The summed E-state index contributed by atoms with van der Waals surface area (Å²) in [5, 5.41) is 6.17. The highest BCUT2D eigenvalue weighted by Gasteiger charge is 2.25. The first-order valence-electron chi connectivity index (χ1n) is 8.07. The highest BCUT2D eigenvalue weighted by atomic mass is 32.1. The molecule has 7 nitrogen and oxygen atoms in total. The molecule has 0 bridgehead atoms. The van der Waals surface area contributed by atoms with Gasteiger partial charge in [0.2, 0.25) is 0 Å². The standard InChI is InChI=1S/C17H17N3O4S/c1-9-15(10-4-5-12-11(7-10)18-14(21)8-24-12)19-17(25-9)20-16(22)13-3-2-6-23-13/h4-5,7,13H,2-3,6,8H2,1H3,(H,18,21)(H,19,20,22)/t13-/m0/s1. The van der Waals surface area contributed by atoms with Gasteiger partial charge in [-0.15, -0.1) is 11.3 Å². The number of nitrogens with one attached hydrogen (secondary N) is 2. The summed E-state index contributed by atoms with van der Waals surface area (Å²) in [5.74, 6) is 0.316.